The summed E-state index contributed by atoms with van der Waals surface area (Å²) in [6.45, 7) is 3.34. The first-order chi connectivity index (χ1) is 5.18. The molecule has 0 rings (SSSR count). The molecule has 0 aliphatic rings. The van der Waals surface area contributed by atoms with E-state index in [4.69, 9.17) is 0 Å². The largest absolute Gasteiger partial charge is 0.259 e. The number of rotatable bonds is 3. The Morgan fingerprint density at radius 3 is 2.45 bits per heavy atom. The van der Waals surface area contributed by atoms with E-state index in [-0.39, 0.29) is 5.70 Å². The summed E-state index contributed by atoms with van der Waals surface area (Å²) in [4.78, 5) is 9.63. The van der Waals surface area contributed by atoms with Crippen molar-refractivity contribution in [3.8, 4) is 0 Å². The van der Waals surface area contributed by atoms with Crippen molar-refractivity contribution >= 4 is 0 Å². The van der Waals surface area contributed by atoms with Crippen molar-refractivity contribution in [3.05, 3.63) is 46.2 Å². The Kier molecular flexibility index (Phi) is 4.73. The summed E-state index contributed by atoms with van der Waals surface area (Å²) in [6.07, 6.45) is 8.50. The topological polar surface area (TPSA) is 43.1 Å². The highest BCUT2D eigenvalue weighted by Gasteiger charge is 1.96. The quantitative estimate of drug-likeness (QED) is 0.354. The Hall–Kier alpha value is -1.38. The van der Waals surface area contributed by atoms with Crippen LogP contribution in [0.5, 0.6) is 0 Å². The van der Waals surface area contributed by atoms with Crippen LogP contribution in [0.15, 0.2) is 36.1 Å². The monoisotopic (exact) mass is 153 g/mol. The molecule has 0 aliphatic carbocycles. The second-order valence-corrected chi connectivity index (χ2v) is 1.98. The number of nitro groups is 1. The zero-order valence-electron chi connectivity index (χ0n) is 6.65. The summed E-state index contributed by atoms with van der Waals surface area (Å²) in [5.41, 5.74) is 0.144. The van der Waals surface area contributed by atoms with Crippen LogP contribution in [-0.4, -0.2) is 4.92 Å². The third kappa shape index (κ3) is 5.08. The van der Waals surface area contributed by atoms with Gasteiger partial charge in [0.1, 0.15) is 0 Å². The van der Waals surface area contributed by atoms with Crippen LogP contribution in [0.25, 0.3) is 0 Å². The summed E-state index contributed by atoms with van der Waals surface area (Å²) in [5.74, 6) is 0. The highest BCUT2D eigenvalue weighted by Crippen LogP contribution is 1.92. The maximum atomic E-state index is 10.0. The molecule has 60 valence electrons. The minimum atomic E-state index is -0.417. The molecule has 0 N–H and O–H groups in total. The van der Waals surface area contributed by atoms with Crippen LogP contribution in [0.3, 0.4) is 0 Å². The third-order valence-corrected chi connectivity index (χ3v) is 1.04. The molecule has 0 aliphatic heterocycles. The SMILES string of the molecule is C\C=C/C=C\C=C(/C)[N+](=O)[O-]. The summed E-state index contributed by atoms with van der Waals surface area (Å²) in [6, 6.07) is 0. The average molecular weight is 153 g/mol. The molecule has 11 heavy (non-hydrogen) atoms. The van der Waals surface area contributed by atoms with Crippen molar-refractivity contribution in [2.45, 2.75) is 13.8 Å². The lowest BCUT2D eigenvalue weighted by Crippen LogP contribution is -1.91. The lowest BCUT2D eigenvalue weighted by atomic mass is 10.4. The van der Waals surface area contributed by atoms with E-state index in [9.17, 15) is 10.1 Å². The first kappa shape index (κ1) is 9.62. The minimum absolute atomic E-state index is 0.144. The minimum Gasteiger partial charge on any atom is -0.259 e. The van der Waals surface area contributed by atoms with Gasteiger partial charge >= 0.3 is 0 Å². The lowest BCUT2D eigenvalue weighted by Gasteiger charge is -1.83. The zero-order chi connectivity index (χ0) is 8.69. The van der Waals surface area contributed by atoms with Gasteiger partial charge in [-0.15, -0.1) is 0 Å². The smallest absolute Gasteiger partial charge is 0.243 e. The number of hydrogen-bond acceptors (Lipinski definition) is 2. The molecule has 0 aromatic heterocycles. The molecule has 0 saturated heterocycles. The fourth-order valence-corrected chi connectivity index (χ4v) is 0.431. The molecule has 0 radical (unpaired) electrons. The van der Waals surface area contributed by atoms with Gasteiger partial charge in [-0.25, -0.2) is 0 Å². The number of nitrogens with zero attached hydrogens (tertiary/aromatic N) is 1. The van der Waals surface area contributed by atoms with Crippen LogP contribution in [-0.2, 0) is 0 Å². The van der Waals surface area contributed by atoms with E-state index in [1.54, 1.807) is 12.2 Å². The Bertz CT molecular complexity index is 214. The Labute approximate surface area is 65.9 Å². The summed E-state index contributed by atoms with van der Waals surface area (Å²) in [7, 11) is 0. The fraction of sp³-hybridized carbons (Fsp3) is 0.250. The molecule has 3 heteroatoms. The Balaban J connectivity index is 4.01. The van der Waals surface area contributed by atoms with Gasteiger partial charge in [0.05, 0.1) is 4.92 Å². The van der Waals surface area contributed by atoms with Crippen molar-refractivity contribution in [2.24, 2.45) is 0 Å². The van der Waals surface area contributed by atoms with Crippen molar-refractivity contribution < 1.29 is 4.92 Å². The molecule has 0 fully saturated rings. The molecule has 0 atom stereocenters. The predicted molar refractivity (Wildman–Crippen MR) is 44.7 cm³/mol. The molecule has 0 heterocycles. The lowest BCUT2D eigenvalue weighted by molar-refractivity contribution is -0.424. The van der Waals surface area contributed by atoms with E-state index >= 15 is 0 Å². The van der Waals surface area contributed by atoms with Gasteiger partial charge in [-0.2, -0.15) is 0 Å². The van der Waals surface area contributed by atoms with Crippen LogP contribution in [0.4, 0.5) is 0 Å². The third-order valence-electron chi connectivity index (χ3n) is 1.04. The van der Waals surface area contributed by atoms with Crippen molar-refractivity contribution in [3.63, 3.8) is 0 Å². The van der Waals surface area contributed by atoms with Crippen LogP contribution < -0.4 is 0 Å². The number of hydrogen-bond donors (Lipinski definition) is 0. The van der Waals surface area contributed by atoms with E-state index in [0.29, 0.717) is 0 Å². The van der Waals surface area contributed by atoms with Gasteiger partial charge in [-0.3, -0.25) is 10.1 Å². The highest BCUT2D eigenvalue weighted by atomic mass is 16.6. The Morgan fingerprint density at radius 2 is 2.00 bits per heavy atom. The molecule has 0 spiro atoms. The van der Waals surface area contributed by atoms with Crippen molar-refractivity contribution in [2.75, 3.05) is 0 Å². The van der Waals surface area contributed by atoms with E-state index in [2.05, 4.69) is 0 Å². The highest BCUT2D eigenvalue weighted by molar-refractivity contribution is 5.11. The molecule has 3 nitrogen and oxygen atoms in total. The number of allylic oxidation sites excluding steroid dienone is 6. The second kappa shape index (κ2) is 5.41. The molecular weight excluding hydrogens is 142 g/mol. The van der Waals surface area contributed by atoms with E-state index in [0.717, 1.165) is 0 Å². The molecule has 0 saturated carbocycles. The van der Waals surface area contributed by atoms with Gasteiger partial charge in [0.2, 0.25) is 5.70 Å². The first-order valence-electron chi connectivity index (χ1n) is 3.29. The summed E-state index contributed by atoms with van der Waals surface area (Å²) >= 11 is 0. The van der Waals surface area contributed by atoms with Crippen LogP contribution in [0, 0.1) is 10.1 Å². The Morgan fingerprint density at radius 1 is 1.36 bits per heavy atom. The van der Waals surface area contributed by atoms with E-state index in [1.807, 2.05) is 19.1 Å². The molecular formula is C8H11NO2. The normalized spacial score (nSPS) is 13.1. The molecule has 0 amide bonds. The second-order valence-electron chi connectivity index (χ2n) is 1.98. The summed E-state index contributed by atoms with van der Waals surface area (Å²) in [5, 5.41) is 10.0. The molecule has 0 aromatic carbocycles. The standard InChI is InChI=1S/C8H11NO2/c1-3-4-5-6-7-8(2)9(10)11/h3-7H,1-2H3/b4-3-,6-5-,8-7+. The van der Waals surface area contributed by atoms with Gasteiger partial charge in [0.15, 0.2) is 0 Å². The van der Waals surface area contributed by atoms with Crippen LogP contribution >= 0.6 is 0 Å². The van der Waals surface area contributed by atoms with Gasteiger partial charge < -0.3 is 0 Å². The van der Waals surface area contributed by atoms with Gasteiger partial charge in [-0.05, 0) is 6.92 Å². The van der Waals surface area contributed by atoms with Gasteiger partial charge in [0, 0.05) is 13.0 Å². The zero-order valence-corrected chi connectivity index (χ0v) is 6.65. The summed E-state index contributed by atoms with van der Waals surface area (Å²) < 4.78 is 0. The van der Waals surface area contributed by atoms with Gasteiger partial charge in [-0.1, -0.05) is 24.3 Å². The molecule has 0 aromatic rings. The predicted octanol–water partition coefficient (Wildman–Crippen LogP) is 2.30. The van der Waals surface area contributed by atoms with Crippen molar-refractivity contribution in [1.82, 2.24) is 0 Å². The maximum absolute atomic E-state index is 10.0. The first-order valence-corrected chi connectivity index (χ1v) is 3.29. The van der Waals surface area contributed by atoms with Gasteiger partial charge in [0.25, 0.3) is 0 Å². The molecule has 0 unspecified atom stereocenters. The fourth-order valence-electron chi connectivity index (χ4n) is 0.431. The van der Waals surface area contributed by atoms with E-state index in [1.165, 1.54) is 13.0 Å². The molecule has 0 bridgehead atoms. The average Bonchev–Trinajstić information content (AvgIpc) is 1.97. The van der Waals surface area contributed by atoms with E-state index < -0.39 is 4.92 Å². The van der Waals surface area contributed by atoms with Crippen LogP contribution in [0.1, 0.15) is 13.8 Å². The van der Waals surface area contributed by atoms with Crippen molar-refractivity contribution in [1.29, 1.82) is 0 Å². The van der Waals surface area contributed by atoms with Crippen LogP contribution in [0.2, 0.25) is 0 Å². The maximum Gasteiger partial charge on any atom is 0.243 e.